The fourth-order valence-corrected chi connectivity index (χ4v) is 2.36. The summed E-state index contributed by atoms with van der Waals surface area (Å²) >= 11 is 0. The highest BCUT2D eigenvalue weighted by molar-refractivity contribution is 5.95. The van der Waals surface area contributed by atoms with E-state index in [1.165, 1.54) is 4.57 Å². The van der Waals surface area contributed by atoms with E-state index in [-0.39, 0.29) is 5.56 Å². The van der Waals surface area contributed by atoms with Crippen molar-refractivity contribution in [2.24, 2.45) is 0 Å². The Kier molecular flexibility index (Phi) is 3.38. The third-order valence-electron chi connectivity index (χ3n) is 3.24. The molecule has 0 amide bonds. The second kappa shape index (κ2) is 4.84. The molecular weight excluding hydrogens is 244 g/mol. The number of aromatic nitrogens is 2. The molecular formula is C14H16N2O3. The van der Waals surface area contributed by atoms with E-state index in [1.807, 2.05) is 32.9 Å². The summed E-state index contributed by atoms with van der Waals surface area (Å²) in [6, 6.07) is 3.67. The largest absolute Gasteiger partial charge is 0.477 e. The minimum absolute atomic E-state index is 0.137. The van der Waals surface area contributed by atoms with E-state index in [4.69, 9.17) is 0 Å². The van der Waals surface area contributed by atoms with Crippen LogP contribution in [0.4, 0.5) is 0 Å². The van der Waals surface area contributed by atoms with Crippen LogP contribution >= 0.6 is 0 Å². The molecule has 0 bridgehead atoms. The fourth-order valence-electron chi connectivity index (χ4n) is 2.36. The van der Waals surface area contributed by atoms with Gasteiger partial charge in [0.25, 0.3) is 5.56 Å². The van der Waals surface area contributed by atoms with Crippen LogP contribution in [0, 0.1) is 6.92 Å². The number of pyridine rings is 2. The van der Waals surface area contributed by atoms with Gasteiger partial charge in [-0.1, -0.05) is 6.92 Å². The summed E-state index contributed by atoms with van der Waals surface area (Å²) in [6.45, 7) is 5.90. The van der Waals surface area contributed by atoms with Crippen LogP contribution in [0.3, 0.4) is 0 Å². The number of carboxylic acids is 1. The van der Waals surface area contributed by atoms with Gasteiger partial charge in [-0.05, 0) is 38.0 Å². The highest BCUT2D eigenvalue weighted by Gasteiger charge is 2.20. The maximum Gasteiger partial charge on any atom is 0.341 e. The van der Waals surface area contributed by atoms with E-state index in [0.717, 1.165) is 11.1 Å². The van der Waals surface area contributed by atoms with Gasteiger partial charge in [0.2, 0.25) is 0 Å². The number of aromatic carboxylic acids is 1. The minimum atomic E-state index is -1.17. The first-order valence-corrected chi connectivity index (χ1v) is 6.27. The molecule has 2 aromatic rings. The van der Waals surface area contributed by atoms with Crippen LogP contribution in [0.15, 0.2) is 16.9 Å². The molecule has 0 aromatic carbocycles. The van der Waals surface area contributed by atoms with Crippen molar-refractivity contribution in [3.05, 3.63) is 39.3 Å². The van der Waals surface area contributed by atoms with Crippen LogP contribution in [0.25, 0.3) is 11.0 Å². The van der Waals surface area contributed by atoms with Gasteiger partial charge in [0, 0.05) is 17.6 Å². The Balaban J connectivity index is 3.07. The topological polar surface area (TPSA) is 72.2 Å². The lowest BCUT2D eigenvalue weighted by Gasteiger charge is -2.13. The minimum Gasteiger partial charge on any atom is -0.477 e. The molecule has 5 nitrogen and oxygen atoms in total. The maximum absolute atomic E-state index is 12.3. The van der Waals surface area contributed by atoms with Gasteiger partial charge in [0.1, 0.15) is 11.2 Å². The van der Waals surface area contributed by atoms with Gasteiger partial charge in [-0.2, -0.15) is 0 Å². The highest BCUT2D eigenvalue weighted by atomic mass is 16.4. The fraction of sp³-hybridized carbons (Fsp3) is 0.357. The average molecular weight is 260 g/mol. The van der Waals surface area contributed by atoms with Crippen LogP contribution in [-0.2, 0) is 13.0 Å². The van der Waals surface area contributed by atoms with Crippen molar-refractivity contribution in [1.82, 2.24) is 9.55 Å². The third kappa shape index (κ3) is 2.01. The zero-order valence-corrected chi connectivity index (χ0v) is 11.2. The number of fused-ring (bicyclic) bond motifs is 1. The molecule has 2 rings (SSSR count). The maximum atomic E-state index is 12.3. The summed E-state index contributed by atoms with van der Waals surface area (Å²) in [7, 11) is 0. The van der Waals surface area contributed by atoms with E-state index in [2.05, 4.69) is 4.98 Å². The van der Waals surface area contributed by atoms with Crippen molar-refractivity contribution in [3.8, 4) is 0 Å². The van der Waals surface area contributed by atoms with Gasteiger partial charge >= 0.3 is 5.97 Å². The first-order chi connectivity index (χ1) is 9.01. The van der Waals surface area contributed by atoms with Gasteiger partial charge in [-0.15, -0.1) is 0 Å². The van der Waals surface area contributed by atoms with Crippen molar-refractivity contribution < 1.29 is 9.90 Å². The van der Waals surface area contributed by atoms with E-state index in [9.17, 15) is 14.7 Å². The molecule has 0 aliphatic carbocycles. The molecule has 0 aliphatic heterocycles. The number of rotatable bonds is 3. The van der Waals surface area contributed by atoms with Crippen LogP contribution in [0.5, 0.6) is 0 Å². The molecule has 2 heterocycles. The van der Waals surface area contributed by atoms with Crippen molar-refractivity contribution >= 4 is 17.0 Å². The zero-order valence-electron chi connectivity index (χ0n) is 11.2. The lowest BCUT2D eigenvalue weighted by molar-refractivity contribution is 0.0693. The Labute approximate surface area is 110 Å². The lowest BCUT2D eigenvalue weighted by atomic mass is 10.0. The molecule has 0 fully saturated rings. The van der Waals surface area contributed by atoms with Gasteiger partial charge in [0.15, 0.2) is 0 Å². The second-order valence-corrected chi connectivity index (χ2v) is 4.39. The van der Waals surface area contributed by atoms with E-state index >= 15 is 0 Å². The molecule has 100 valence electrons. The predicted molar refractivity (Wildman–Crippen MR) is 72.8 cm³/mol. The summed E-state index contributed by atoms with van der Waals surface area (Å²) in [4.78, 5) is 28.0. The highest BCUT2D eigenvalue weighted by Crippen LogP contribution is 2.20. The molecule has 0 atom stereocenters. The summed E-state index contributed by atoms with van der Waals surface area (Å²) in [5.74, 6) is -1.17. The molecule has 19 heavy (non-hydrogen) atoms. The predicted octanol–water partition coefficient (Wildman–Crippen LogP) is 1.99. The van der Waals surface area contributed by atoms with Crippen molar-refractivity contribution in [2.45, 2.75) is 33.7 Å². The molecule has 0 saturated carbocycles. The third-order valence-corrected chi connectivity index (χ3v) is 3.24. The Bertz CT molecular complexity index is 717. The molecule has 0 unspecified atom stereocenters. The number of carboxylic acid groups (broad SMARTS) is 1. The number of hydrogen-bond acceptors (Lipinski definition) is 3. The number of nitrogens with zero attached hydrogens (tertiary/aromatic N) is 2. The first kappa shape index (κ1) is 13.3. The van der Waals surface area contributed by atoms with Gasteiger partial charge < -0.3 is 5.11 Å². The summed E-state index contributed by atoms with van der Waals surface area (Å²) in [5.41, 5.74) is 1.32. The number of hydrogen-bond donors (Lipinski definition) is 1. The van der Waals surface area contributed by atoms with Crippen LogP contribution in [0.2, 0.25) is 0 Å². The Morgan fingerprint density at radius 1 is 1.37 bits per heavy atom. The summed E-state index contributed by atoms with van der Waals surface area (Å²) in [5, 5.41) is 10.0. The van der Waals surface area contributed by atoms with E-state index in [1.54, 1.807) is 0 Å². The normalized spacial score (nSPS) is 10.9. The molecule has 5 heteroatoms. The Hall–Kier alpha value is -2.17. The quantitative estimate of drug-likeness (QED) is 0.916. The van der Waals surface area contributed by atoms with Crippen LogP contribution in [0.1, 0.15) is 35.5 Å². The average Bonchev–Trinajstić information content (AvgIpc) is 2.36. The molecule has 1 N–H and O–H groups in total. The van der Waals surface area contributed by atoms with E-state index in [0.29, 0.717) is 24.2 Å². The van der Waals surface area contributed by atoms with E-state index < -0.39 is 11.5 Å². The first-order valence-electron chi connectivity index (χ1n) is 6.27. The van der Waals surface area contributed by atoms with Crippen molar-refractivity contribution in [1.29, 1.82) is 0 Å². The summed E-state index contributed by atoms with van der Waals surface area (Å²) < 4.78 is 1.42. The van der Waals surface area contributed by atoms with Crippen molar-refractivity contribution in [2.75, 3.05) is 0 Å². The van der Waals surface area contributed by atoms with Crippen LogP contribution in [-0.4, -0.2) is 20.6 Å². The van der Waals surface area contributed by atoms with Gasteiger partial charge in [-0.25, -0.2) is 9.78 Å². The smallest absolute Gasteiger partial charge is 0.341 e. The Morgan fingerprint density at radius 3 is 2.58 bits per heavy atom. The standard InChI is InChI=1S/C14H16N2O3/c1-4-9-10-7-6-8(3)15-12(10)16(5-2)13(17)11(9)14(18)19/h6-7H,4-5H2,1-3H3,(H,18,19). The molecule has 0 spiro atoms. The number of carbonyl (C=O) groups is 1. The monoisotopic (exact) mass is 260 g/mol. The van der Waals surface area contributed by atoms with Crippen molar-refractivity contribution in [3.63, 3.8) is 0 Å². The number of aryl methyl sites for hydroxylation is 3. The summed E-state index contributed by atoms with van der Waals surface area (Å²) in [6.07, 6.45) is 0.489. The second-order valence-electron chi connectivity index (χ2n) is 4.39. The SMILES string of the molecule is CCc1c(C(=O)O)c(=O)n(CC)c2nc(C)ccc12. The zero-order chi connectivity index (χ0) is 14.2. The molecule has 0 radical (unpaired) electrons. The van der Waals surface area contributed by atoms with Crippen LogP contribution < -0.4 is 5.56 Å². The van der Waals surface area contributed by atoms with Gasteiger partial charge in [-0.3, -0.25) is 9.36 Å². The lowest BCUT2D eigenvalue weighted by Crippen LogP contribution is -2.29. The molecule has 2 aromatic heterocycles. The molecule has 0 aliphatic rings. The Morgan fingerprint density at radius 2 is 2.05 bits per heavy atom. The van der Waals surface area contributed by atoms with Gasteiger partial charge in [0.05, 0.1) is 0 Å². The molecule has 0 saturated heterocycles.